The van der Waals surface area contributed by atoms with E-state index in [4.69, 9.17) is 19.4 Å². The molecule has 0 amide bonds. The smallest absolute Gasteiger partial charge is 0.229 e. The monoisotopic (exact) mass is 732 g/mol. The number of ether oxygens (including phenoxy) is 2. The molecule has 7 aliphatic rings. The summed E-state index contributed by atoms with van der Waals surface area (Å²) in [7, 11) is 0. The van der Waals surface area contributed by atoms with E-state index in [1.165, 1.54) is 11.1 Å². The quantitative estimate of drug-likeness (QED) is 0.431. The molecule has 0 aromatic carbocycles. The Labute approximate surface area is 308 Å². The Bertz CT molecular complexity index is 1470. The average Bonchev–Trinajstić information content (AvgIpc) is 3.40. The summed E-state index contributed by atoms with van der Waals surface area (Å²) in [5, 5.41) is 12.3. The number of rotatable bonds is 6. The molecule has 0 unspecified atom stereocenters. The molecule has 5 atom stereocenters. The lowest BCUT2D eigenvalue weighted by molar-refractivity contribution is -0.154. The standard InChI is InChI=1S/C37H52N6O5.2ClH/c1-35-8-5-27(44)23-26(35)3-4-28-29(35)6-9-36(2)30(28)7-10-37(36,46)31(45)25-40-11-13-41(14-12-40)32-24-33(42-15-19-47-20-16-42)39-34(38-32)43-17-21-48-22-18-43;;/h6,23-24,28,30,46H,3-5,7-22,25H2,1-2H3;2*1H/t28-,30+,35+,36+,37+;;/m1../s1. The Morgan fingerprint density at radius 3 is 2.14 bits per heavy atom. The van der Waals surface area contributed by atoms with Crippen LogP contribution in [0.25, 0.3) is 0 Å². The number of morpholine rings is 2. The molecule has 50 heavy (non-hydrogen) atoms. The number of halogens is 2. The molecule has 0 radical (unpaired) electrons. The maximum absolute atomic E-state index is 14.1. The first-order chi connectivity index (χ1) is 23.2. The number of aliphatic hydroxyl groups is 1. The van der Waals surface area contributed by atoms with Crippen molar-refractivity contribution in [1.29, 1.82) is 0 Å². The van der Waals surface area contributed by atoms with E-state index in [2.05, 4.69) is 45.6 Å². The summed E-state index contributed by atoms with van der Waals surface area (Å²) in [5.41, 5.74) is 0.946. The summed E-state index contributed by atoms with van der Waals surface area (Å²) in [4.78, 5) is 45.4. The lowest BCUT2D eigenvalue weighted by Gasteiger charge is -2.54. The van der Waals surface area contributed by atoms with E-state index in [0.29, 0.717) is 51.1 Å². The van der Waals surface area contributed by atoms with Gasteiger partial charge in [0.2, 0.25) is 5.95 Å². The van der Waals surface area contributed by atoms with Gasteiger partial charge in [-0.15, -0.1) is 24.8 Å². The van der Waals surface area contributed by atoms with Crippen molar-refractivity contribution in [3.8, 4) is 0 Å². The number of anilines is 3. The second kappa shape index (κ2) is 14.6. The molecule has 3 aliphatic heterocycles. The van der Waals surface area contributed by atoms with Crippen molar-refractivity contribution in [3.63, 3.8) is 0 Å². The van der Waals surface area contributed by atoms with Crippen molar-refractivity contribution in [2.24, 2.45) is 22.7 Å². The van der Waals surface area contributed by atoms with Gasteiger partial charge >= 0.3 is 0 Å². The third-order valence-corrected chi connectivity index (χ3v) is 13.3. The lowest BCUT2D eigenvalue weighted by atomic mass is 9.50. The van der Waals surface area contributed by atoms with Gasteiger partial charge in [0.25, 0.3) is 0 Å². The molecule has 4 heterocycles. The van der Waals surface area contributed by atoms with Crippen LogP contribution in [0.3, 0.4) is 0 Å². The third-order valence-electron chi connectivity index (χ3n) is 13.3. The predicted molar refractivity (Wildman–Crippen MR) is 198 cm³/mol. The first-order valence-electron chi connectivity index (χ1n) is 18.4. The molecule has 11 nitrogen and oxygen atoms in total. The first kappa shape index (κ1) is 37.5. The van der Waals surface area contributed by atoms with Crippen LogP contribution in [0.1, 0.15) is 58.8 Å². The molecule has 0 bridgehead atoms. The number of piperazine rings is 1. The molecule has 1 N–H and O–H groups in total. The highest BCUT2D eigenvalue weighted by molar-refractivity contribution is 5.92. The zero-order valence-corrected chi connectivity index (χ0v) is 31.2. The molecule has 276 valence electrons. The number of carbonyl (C=O) groups excluding carboxylic acids is 2. The molecule has 5 fully saturated rings. The minimum absolute atomic E-state index is 0. The SMILES string of the molecule is C[C@]12CCC(=O)C=C1CC[C@@H]1C2=CC[C@@]2(C)[C@H]1CC[C@]2(O)C(=O)CN1CCN(c2cc(N3CCOCC3)nc(N3CCOCC3)n2)CC1.Cl.Cl. The number of hydrogen-bond acceptors (Lipinski definition) is 11. The van der Waals surface area contributed by atoms with Crippen LogP contribution in [-0.2, 0) is 19.1 Å². The van der Waals surface area contributed by atoms with Crippen LogP contribution in [0.5, 0.6) is 0 Å². The summed E-state index contributed by atoms with van der Waals surface area (Å²) in [6.45, 7) is 13.7. The van der Waals surface area contributed by atoms with E-state index in [1.807, 2.05) is 6.08 Å². The molecular weight excluding hydrogens is 679 g/mol. The van der Waals surface area contributed by atoms with Crippen molar-refractivity contribution in [3.05, 3.63) is 29.4 Å². The predicted octanol–water partition coefficient (Wildman–Crippen LogP) is 3.87. The van der Waals surface area contributed by atoms with Crippen LogP contribution in [0.15, 0.2) is 29.4 Å². The largest absolute Gasteiger partial charge is 0.381 e. The van der Waals surface area contributed by atoms with Gasteiger partial charge < -0.3 is 29.3 Å². The zero-order valence-electron chi connectivity index (χ0n) is 29.6. The average molecular weight is 734 g/mol. The van der Waals surface area contributed by atoms with Gasteiger partial charge in [-0.2, -0.15) is 9.97 Å². The molecule has 0 spiro atoms. The Balaban J connectivity index is 0.00000216. The zero-order chi connectivity index (χ0) is 33.1. The van der Waals surface area contributed by atoms with Crippen molar-refractivity contribution in [1.82, 2.24) is 14.9 Å². The van der Waals surface area contributed by atoms with Gasteiger partial charge in [-0.3, -0.25) is 14.5 Å². The van der Waals surface area contributed by atoms with Gasteiger partial charge in [-0.05, 0) is 56.4 Å². The van der Waals surface area contributed by atoms with Gasteiger partial charge in [0.05, 0.1) is 33.0 Å². The number of hydrogen-bond donors (Lipinski definition) is 1. The Morgan fingerprint density at radius 1 is 0.860 bits per heavy atom. The maximum Gasteiger partial charge on any atom is 0.229 e. The van der Waals surface area contributed by atoms with Crippen LogP contribution in [0, 0.1) is 22.7 Å². The molecule has 1 aromatic rings. The van der Waals surface area contributed by atoms with Crippen LogP contribution < -0.4 is 14.7 Å². The number of nitrogens with zero attached hydrogens (tertiary/aromatic N) is 6. The van der Waals surface area contributed by atoms with E-state index < -0.39 is 11.0 Å². The van der Waals surface area contributed by atoms with Crippen molar-refractivity contribution in [2.75, 3.05) is 100 Å². The van der Waals surface area contributed by atoms with Crippen LogP contribution in [0.2, 0.25) is 0 Å². The second-order valence-electron chi connectivity index (χ2n) is 15.7. The van der Waals surface area contributed by atoms with E-state index >= 15 is 0 Å². The van der Waals surface area contributed by atoms with Crippen molar-refractivity contribution in [2.45, 2.75) is 64.4 Å². The fourth-order valence-electron chi connectivity index (χ4n) is 10.2. The molecular formula is C37H54Cl2N6O5. The highest BCUT2D eigenvalue weighted by Gasteiger charge is 2.64. The fraction of sp³-hybridized carbons (Fsp3) is 0.730. The van der Waals surface area contributed by atoms with Crippen molar-refractivity contribution < 1.29 is 24.2 Å². The minimum Gasteiger partial charge on any atom is -0.381 e. The number of aromatic nitrogens is 2. The molecule has 13 heteroatoms. The molecule has 3 saturated heterocycles. The maximum atomic E-state index is 14.1. The normalized spacial score (nSPS) is 34.4. The first-order valence-corrected chi connectivity index (χ1v) is 18.4. The summed E-state index contributed by atoms with van der Waals surface area (Å²) in [5.74, 6) is 3.53. The second-order valence-corrected chi connectivity index (χ2v) is 15.7. The summed E-state index contributed by atoms with van der Waals surface area (Å²) < 4.78 is 11.2. The summed E-state index contributed by atoms with van der Waals surface area (Å²) in [6.07, 6.45) is 9.88. The van der Waals surface area contributed by atoms with Crippen LogP contribution >= 0.6 is 24.8 Å². The highest BCUT2D eigenvalue weighted by Crippen LogP contribution is 2.65. The van der Waals surface area contributed by atoms with Gasteiger partial charge in [0.1, 0.15) is 17.2 Å². The molecule has 2 saturated carbocycles. The van der Waals surface area contributed by atoms with Gasteiger partial charge in [0.15, 0.2) is 11.6 Å². The van der Waals surface area contributed by atoms with E-state index in [-0.39, 0.29) is 48.3 Å². The highest BCUT2D eigenvalue weighted by atomic mass is 35.5. The van der Waals surface area contributed by atoms with E-state index in [0.717, 1.165) is 102 Å². The Kier molecular flexibility index (Phi) is 11.0. The fourth-order valence-corrected chi connectivity index (χ4v) is 10.2. The molecule has 1 aromatic heterocycles. The third kappa shape index (κ3) is 6.38. The Hall–Kier alpha value is -2.28. The van der Waals surface area contributed by atoms with Gasteiger partial charge in [-0.1, -0.05) is 31.1 Å². The topological polar surface area (TPSA) is 112 Å². The molecule has 8 rings (SSSR count). The van der Waals surface area contributed by atoms with E-state index in [1.54, 1.807) is 0 Å². The number of ketones is 2. The van der Waals surface area contributed by atoms with Gasteiger partial charge in [0, 0.05) is 75.7 Å². The number of allylic oxidation sites excluding steroid dienone is 4. The minimum atomic E-state index is -1.32. The summed E-state index contributed by atoms with van der Waals surface area (Å²) in [6, 6.07) is 2.11. The van der Waals surface area contributed by atoms with Crippen LogP contribution in [0.4, 0.5) is 17.6 Å². The Morgan fingerprint density at radius 2 is 1.48 bits per heavy atom. The summed E-state index contributed by atoms with van der Waals surface area (Å²) >= 11 is 0. The number of fused-ring (bicyclic) bond motifs is 5. The van der Waals surface area contributed by atoms with Crippen LogP contribution in [-0.4, -0.2) is 122 Å². The molecule has 4 aliphatic carbocycles. The van der Waals surface area contributed by atoms with E-state index in [9.17, 15) is 14.7 Å². The number of carbonyl (C=O) groups is 2. The number of Topliss-reactive ketones (excluding diaryl/α,β-unsaturated/α-hetero) is 1. The van der Waals surface area contributed by atoms with Gasteiger partial charge in [-0.25, -0.2) is 0 Å². The van der Waals surface area contributed by atoms with Crippen molar-refractivity contribution >= 4 is 54.0 Å². The lowest BCUT2D eigenvalue weighted by Crippen LogP contribution is -2.58.